The standard InChI is InChI=1S/C20H34N6O2/c1-6-7-11-26-17-16(18(27)22-19(26)28)23(5)15(21-17)14-24-9-8-10-25(13-12-24)20(2,3)4/h6-14H2,1-5H3,(H,22,27,28). The lowest BCUT2D eigenvalue weighted by molar-refractivity contribution is 0.140. The zero-order chi connectivity index (χ0) is 20.5. The number of nitrogens with zero attached hydrogens (tertiary/aromatic N) is 5. The highest BCUT2D eigenvalue weighted by Gasteiger charge is 2.25. The molecule has 0 atom stereocenters. The van der Waals surface area contributed by atoms with E-state index in [0.717, 1.165) is 51.3 Å². The summed E-state index contributed by atoms with van der Waals surface area (Å²) in [5.74, 6) is 0.834. The molecule has 0 saturated carbocycles. The number of hydrogen-bond acceptors (Lipinski definition) is 5. The van der Waals surface area contributed by atoms with Crippen molar-refractivity contribution in [2.24, 2.45) is 7.05 Å². The van der Waals surface area contributed by atoms with Gasteiger partial charge in [0.15, 0.2) is 11.2 Å². The van der Waals surface area contributed by atoms with Gasteiger partial charge in [-0.2, -0.15) is 0 Å². The maximum Gasteiger partial charge on any atom is 0.330 e. The number of fused-ring (bicyclic) bond motifs is 1. The Kier molecular flexibility index (Phi) is 6.09. The summed E-state index contributed by atoms with van der Waals surface area (Å²) < 4.78 is 3.45. The highest BCUT2D eigenvalue weighted by molar-refractivity contribution is 5.70. The number of aromatic nitrogens is 4. The maximum atomic E-state index is 12.4. The van der Waals surface area contributed by atoms with Gasteiger partial charge in [0, 0.05) is 32.2 Å². The molecule has 0 unspecified atom stereocenters. The minimum Gasteiger partial charge on any atom is -0.324 e. The second kappa shape index (κ2) is 8.21. The van der Waals surface area contributed by atoms with E-state index in [9.17, 15) is 9.59 Å². The third-order valence-electron chi connectivity index (χ3n) is 5.74. The minimum atomic E-state index is -0.369. The molecule has 1 fully saturated rings. The fraction of sp³-hybridized carbons (Fsp3) is 0.750. The maximum absolute atomic E-state index is 12.4. The van der Waals surface area contributed by atoms with Crippen LogP contribution in [0.15, 0.2) is 9.59 Å². The van der Waals surface area contributed by atoms with E-state index in [1.165, 1.54) is 0 Å². The van der Waals surface area contributed by atoms with E-state index in [2.05, 4.69) is 42.5 Å². The van der Waals surface area contributed by atoms with Crippen LogP contribution in [-0.4, -0.2) is 60.6 Å². The summed E-state index contributed by atoms with van der Waals surface area (Å²) in [6, 6.07) is 0. The average molecular weight is 391 g/mol. The molecule has 0 radical (unpaired) electrons. The zero-order valence-electron chi connectivity index (χ0n) is 17.9. The molecule has 0 bridgehead atoms. The lowest BCUT2D eigenvalue weighted by Crippen LogP contribution is -2.43. The summed E-state index contributed by atoms with van der Waals surface area (Å²) >= 11 is 0. The van der Waals surface area contributed by atoms with Gasteiger partial charge in [-0.15, -0.1) is 0 Å². The Morgan fingerprint density at radius 2 is 1.86 bits per heavy atom. The molecule has 0 aromatic carbocycles. The summed E-state index contributed by atoms with van der Waals surface area (Å²) in [5, 5.41) is 0. The van der Waals surface area contributed by atoms with Crippen LogP contribution in [0, 0.1) is 0 Å². The first-order valence-electron chi connectivity index (χ1n) is 10.4. The summed E-state index contributed by atoms with van der Waals surface area (Å²) in [6.45, 7) is 14.2. The Labute approximate surface area is 166 Å². The smallest absolute Gasteiger partial charge is 0.324 e. The molecule has 1 saturated heterocycles. The Hall–Kier alpha value is -1.93. The molecule has 156 valence electrons. The number of unbranched alkanes of at least 4 members (excludes halogenated alkanes) is 1. The number of hydrogen-bond donors (Lipinski definition) is 1. The molecular weight excluding hydrogens is 356 g/mol. The van der Waals surface area contributed by atoms with E-state index in [4.69, 9.17) is 4.98 Å². The number of nitrogens with one attached hydrogen (secondary N) is 1. The van der Waals surface area contributed by atoms with E-state index < -0.39 is 0 Å². The van der Waals surface area contributed by atoms with E-state index in [1.54, 1.807) is 4.57 Å². The molecule has 8 heteroatoms. The van der Waals surface area contributed by atoms with Crippen molar-refractivity contribution in [3.05, 3.63) is 26.7 Å². The summed E-state index contributed by atoms with van der Waals surface area (Å²) in [5.41, 5.74) is 0.439. The van der Waals surface area contributed by atoms with Gasteiger partial charge in [-0.3, -0.25) is 24.1 Å². The Morgan fingerprint density at radius 3 is 2.54 bits per heavy atom. The van der Waals surface area contributed by atoms with Crippen molar-refractivity contribution in [1.29, 1.82) is 0 Å². The largest absolute Gasteiger partial charge is 0.330 e. The second-order valence-electron chi connectivity index (χ2n) is 8.81. The van der Waals surface area contributed by atoms with Crippen LogP contribution >= 0.6 is 0 Å². The van der Waals surface area contributed by atoms with Crippen LogP contribution in [0.3, 0.4) is 0 Å². The molecule has 8 nitrogen and oxygen atoms in total. The van der Waals surface area contributed by atoms with Crippen molar-refractivity contribution in [2.75, 3.05) is 26.2 Å². The van der Waals surface area contributed by atoms with Gasteiger partial charge in [0.25, 0.3) is 5.56 Å². The van der Waals surface area contributed by atoms with E-state index >= 15 is 0 Å². The first-order chi connectivity index (χ1) is 13.2. The normalized spacial score (nSPS) is 17.3. The van der Waals surface area contributed by atoms with E-state index in [0.29, 0.717) is 24.3 Å². The lowest BCUT2D eigenvalue weighted by atomic mass is 10.1. The van der Waals surface area contributed by atoms with Gasteiger partial charge < -0.3 is 4.57 Å². The second-order valence-corrected chi connectivity index (χ2v) is 8.81. The lowest BCUT2D eigenvalue weighted by Gasteiger charge is -2.34. The van der Waals surface area contributed by atoms with Gasteiger partial charge in [-0.1, -0.05) is 13.3 Å². The highest BCUT2D eigenvalue weighted by Crippen LogP contribution is 2.18. The van der Waals surface area contributed by atoms with Crippen molar-refractivity contribution >= 4 is 11.2 Å². The van der Waals surface area contributed by atoms with Crippen LogP contribution in [0.25, 0.3) is 11.2 Å². The molecule has 1 N–H and O–H groups in total. The fourth-order valence-electron chi connectivity index (χ4n) is 3.96. The summed E-state index contributed by atoms with van der Waals surface area (Å²) in [6.07, 6.45) is 2.97. The van der Waals surface area contributed by atoms with Gasteiger partial charge in [-0.25, -0.2) is 9.78 Å². The van der Waals surface area contributed by atoms with Gasteiger partial charge >= 0.3 is 5.69 Å². The monoisotopic (exact) mass is 390 g/mol. The van der Waals surface area contributed by atoms with E-state index in [-0.39, 0.29) is 16.8 Å². The highest BCUT2D eigenvalue weighted by atomic mass is 16.2. The fourth-order valence-corrected chi connectivity index (χ4v) is 3.96. The number of aromatic amines is 1. The van der Waals surface area contributed by atoms with Crippen molar-refractivity contribution in [3.8, 4) is 0 Å². The third kappa shape index (κ3) is 4.22. The Morgan fingerprint density at radius 1 is 1.11 bits per heavy atom. The van der Waals surface area contributed by atoms with Gasteiger partial charge in [0.2, 0.25) is 0 Å². The number of aryl methyl sites for hydroxylation is 2. The molecule has 0 aliphatic carbocycles. The molecule has 2 aromatic heterocycles. The predicted molar refractivity (Wildman–Crippen MR) is 112 cm³/mol. The number of rotatable bonds is 5. The predicted octanol–water partition coefficient (Wildman–Crippen LogP) is 1.53. The summed E-state index contributed by atoms with van der Waals surface area (Å²) in [7, 11) is 1.87. The first-order valence-corrected chi connectivity index (χ1v) is 10.4. The topological polar surface area (TPSA) is 79.2 Å². The van der Waals surface area contributed by atoms with Crippen molar-refractivity contribution in [2.45, 2.75) is 65.6 Å². The van der Waals surface area contributed by atoms with Crippen LogP contribution in [0.5, 0.6) is 0 Å². The molecule has 0 spiro atoms. The molecule has 3 rings (SSSR count). The van der Waals surface area contributed by atoms with Gasteiger partial charge in [0.05, 0.1) is 6.54 Å². The van der Waals surface area contributed by atoms with Crippen LogP contribution in [0.2, 0.25) is 0 Å². The zero-order valence-corrected chi connectivity index (χ0v) is 17.9. The Bertz CT molecular complexity index is 933. The van der Waals surface area contributed by atoms with Crippen molar-refractivity contribution in [3.63, 3.8) is 0 Å². The SMILES string of the molecule is CCCCn1c(=O)[nH]c(=O)c2c1nc(CN1CCCN(C(C)(C)C)CC1)n2C. The van der Waals surface area contributed by atoms with Crippen LogP contribution in [-0.2, 0) is 20.1 Å². The van der Waals surface area contributed by atoms with Crippen molar-refractivity contribution < 1.29 is 0 Å². The Balaban J connectivity index is 1.88. The molecule has 28 heavy (non-hydrogen) atoms. The quantitative estimate of drug-likeness (QED) is 0.838. The summed E-state index contributed by atoms with van der Waals surface area (Å²) in [4.78, 5) is 36.8. The van der Waals surface area contributed by atoms with Gasteiger partial charge in [-0.05, 0) is 46.7 Å². The number of imidazole rings is 1. The third-order valence-corrected chi connectivity index (χ3v) is 5.74. The first kappa shape index (κ1) is 20.8. The minimum absolute atomic E-state index is 0.177. The molecule has 2 aromatic rings. The molecule has 1 aliphatic rings. The molecular formula is C20H34N6O2. The van der Waals surface area contributed by atoms with E-state index in [1.807, 2.05) is 11.6 Å². The average Bonchev–Trinajstić information content (AvgIpc) is 2.79. The van der Waals surface area contributed by atoms with Crippen LogP contribution < -0.4 is 11.2 Å². The molecule has 1 aliphatic heterocycles. The molecule has 0 amide bonds. The van der Waals surface area contributed by atoms with Crippen molar-refractivity contribution in [1.82, 2.24) is 28.9 Å². The van der Waals surface area contributed by atoms with Gasteiger partial charge in [0.1, 0.15) is 5.82 Å². The number of H-pyrrole nitrogens is 1. The van der Waals surface area contributed by atoms with Crippen LogP contribution in [0.1, 0.15) is 52.8 Å². The van der Waals surface area contributed by atoms with Crippen LogP contribution in [0.4, 0.5) is 0 Å². The molecule has 3 heterocycles.